The third kappa shape index (κ3) is 5.58. The Bertz CT molecular complexity index is 1500. The van der Waals surface area contributed by atoms with Crippen LogP contribution < -0.4 is 5.32 Å². The Kier molecular flexibility index (Phi) is 6.77. The molecule has 1 aliphatic rings. The van der Waals surface area contributed by atoms with E-state index in [1.165, 1.54) is 30.7 Å². The Balaban J connectivity index is 1.35. The summed E-state index contributed by atoms with van der Waals surface area (Å²) in [7, 11) is -2.44. The van der Waals surface area contributed by atoms with Gasteiger partial charge in [-0.25, -0.2) is 18.4 Å². The average Bonchev–Trinajstić information content (AvgIpc) is 3.38. The van der Waals surface area contributed by atoms with Crippen LogP contribution in [0, 0.1) is 5.95 Å². The minimum atomic E-state index is -3.86. The van der Waals surface area contributed by atoms with Crippen molar-refractivity contribution in [3.8, 4) is 11.1 Å². The fourth-order valence-corrected chi connectivity index (χ4v) is 6.54. The van der Waals surface area contributed by atoms with Crippen LogP contribution in [0.25, 0.3) is 21.3 Å². The summed E-state index contributed by atoms with van der Waals surface area (Å²) in [4.78, 5) is 20.2. The molecule has 0 radical (unpaired) electrons. The van der Waals surface area contributed by atoms with Gasteiger partial charge in [-0.1, -0.05) is 6.07 Å². The van der Waals surface area contributed by atoms with Crippen molar-refractivity contribution in [1.29, 1.82) is 0 Å². The first-order valence-electron chi connectivity index (χ1n) is 11.1. The molecule has 4 aromatic rings. The molecule has 1 fully saturated rings. The zero-order valence-electron chi connectivity index (χ0n) is 19.2. The van der Waals surface area contributed by atoms with E-state index in [-0.39, 0.29) is 36.8 Å². The van der Waals surface area contributed by atoms with Crippen LogP contribution in [0.2, 0.25) is 0 Å². The number of carbonyl (C=O) groups is 1. The molecule has 1 saturated carbocycles. The van der Waals surface area contributed by atoms with Crippen molar-refractivity contribution in [3.63, 3.8) is 0 Å². The monoisotopic (exact) mass is 531 g/mol. The third-order valence-corrected chi connectivity index (χ3v) is 8.74. The Morgan fingerprint density at radius 1 is 1.22 bits per heavy atom. The van der Waals surface area contributed by atoms with Gasteiger partial charge in [-0.2, -0.15) is 4.39 Å². The van der Waals surface area contributed by atoms with E-state index in [1.54, 1.807) is 12.1 Å². The molecule has 10 nitrogen and oxygen atoms in total. The minimum Gasteiger partial charge on any atom is -0.424 e. The van der Waals surface area contributed by atoms with Gasteiger partial charge < -0.3 is 14.5 Å². The molecule has 0 bridgehead atoms. The number of nitrogens with one attached hydrogen (secondary N) is 1. The Labute approximate surface area is 209 Å². The Morgan fingerprint density at radius 3 is 2.72 bits per heavy atom. The quantitative estimate of drug-likeness (QED) is 0.306. The number of carbonyl (C=O) groups excluding carboxylic acids is 1. The van der Waals surface area contributed by atoms with Crippen molar-refractivity contribution in [1.82, 2.24) is 25.5 Å². The number of hydrogen-bond donors (Lipinski definition) is 1. The zero-order chi connectivity index (χ0) is 25.3. The SMILES string of the molecule is COCC(c1nc2ccc(-c3ccc(F)nc3)cc2s1)S(=O)(=O)Cc1nnc(CC(=O)NC2CC2)o1. The summed E-state index contributed by atoms with van der Waals surface area (Å²) in [5.41, 5.74) is 2.17. The maximum Gasteiger partial charge on any atom is 0.231 e. The predicted molar refractivity (Wildman–Crippen MR) is 129 cm³/mol. The number of thiazole rings is 1. The number of sulfone groups is 1. The normalized spacial score (nSPS) is 14.7. The van der Waals surface area contributed by atoms with E-state index >= 15 is 0 Å². The molecule has 1 aliphatic carbocycles. The van der Waals surface area contributed by atoms with Gasteiger partial charge in [-0.3, -0.25) is 4.79 Å². The highest BCUT2D eigenvalue weighted by atomic mass is 32.2. The number of nitrogens with zero attached hydrogens (tertiary/aromatic N) is 4. The number of rotatable bonds is 10. The molecule has 1 atom stereocenters. The molecule has 1 aromatic carbocycles. The highest BCUT2D eigenvalue weighted by molar-refractivity contribution is 7.91. The molecule has 1 amide bonds. The van der Waals surface area contributed by atoms with Crippen molar-refractivity contribution in [2.45, 2.75) is 36.3 Å². The fourth-order valence-electron chi connectivity index (χ4n) is 3.62. The van der Waals surface area contributed by atoms with E-state index in [2.05, 4.69) is 25.5 Å². The lowest BCUT2D eigenvalue weighted by molar-refractivity contribution is -0.120. The average molecular weight is 532 g/mol. The zero-order valence-corrected chi connectivity index (χ0v) is 20.8. The topological polar surface area (TPSA) is 137 Å². The van der Waals surface area contributed by atoms with E-state index in [0.29, 0.717) is 10.5 Å². The van der Waals surface area contributed by atoms with Gasteiger partial charge in [-0.15, -0.1) is 21.5 Å². The lowest BCUT2D eigenvalue weighted by Gasteiger charge is -2.13. The van der Waals surface area contributed by atoms with Crippen LogP contribution in [0.5, 0.6) is 0 Å². The molecule has 188 valence electrons. The van der Waals surface area contributed by atoms with Gasteiger partial charge in [0.1, 0.15) is 22.4 Å². The molecule has 13 heteroatoms. The van der Waals surface area contributed by atoms with Gasteiger partial charge in [0, 0.05) is 24.9 Å². The highest BCUT2D eigenvalue weighted by Gasteiger charge is 2.33. The van der Waals surface area contributed by atoms with Crippen LogP contribution in [0.1, 0.15) is 34.9 Å². The maximum atomic E-state index is 13.3. The summed E-state index contributed by atoms with van der Waals surface area (Å²) in [5, 5.41) is 9.75. The van der Waals surface area contributed by atoms with Gasteiger partial charge in [0.2, 0.25) is 23.6 Å². The van der Waals surface area contributed by atoms with Gasteiger partial charge in [0.25, 0.3) is 0 Å². The molecule has 0 saturated heterocycles. The minimum absolute atomic E-state index is 0.0597. The summed E-state index contributed by atoms with van der Waals surface area (Å²) in [6, 6.07) is 8.56. The number of amides is 1. The second-order valence-corrected chi connectivity index (χ2v) is 11.7. The van der Waals surface area contributed by atoms with E-state index in [1.807, 2.05) is 12.1 Å². The molecule has 0 aliphatic heterocycles. The van der Waals surface area contributed by atoms with Crippen molar-refractivity contribution in [3.05, 3.63) is 59.3 Å². The molecule has 1 unspecified atom stereocenters. The first-order chi connectivity index (χ1) is 17.3. The summed E-state index contributed by atoms with van der Waals surface area (Å²) >= 11 is 1.24. The highest BCUT2D eigenvalue weighted by Crippen LogP contribution is 2.34. The predicted octanol–water partition coefficient (Wildman–Crippen LogP) is 3.00. The number of hydrogen-bond acceptors (Lipinski definition) is 10. The van der Waals surface area contributed by atoms with Crippen LogP contribution in [0.4, 0.5) is 4.39 Å². The van der Waals surface area contributed by atoms with Gasteiger partial charge >= 0.3 is 0 Å². The van der Waals surface area contributed by atoms with Crippen LogP contribution >= 0.6 is 11.3 Å². The van der Waals surface area contributed by atoms with Crippen LogP contribution in [0.15, 0.2) is 40.9 Å². The number of benzene rings is 1. The van der Waals surface area contributed by atoms with Crippen molar-refractivity contribution < 1.29 is 26.8 Å². The summed E-state index contributed by atoms with van der Waals surface area (Å²) in [6.45, 7) is -0.109. The molecule has 36 heavy (non-hydrogen) atoms. The molecule has 0 spiro atoms. The summed E-state index contributed by atoms with van der Waals surface area (Å²) in [5.74, 6) is -1.36. The fraction of sp³-hybridized carbons (Fsp3) is 0.348. The van der Waals surface area contributed by atoms with E-state index < -0.39 is 26.8 Å². The van der Waals surface area contributed by atoms with E-state index in [9.17, 15) is 17.6 Å². The summed E-state index contributed by atoms with van der Waals surface area (Å²) in [6.07, 6.45) is 3.24. The molecular weight excluding hydrogens is 509 g/mol. The van der Waals surface area contributed by atoms with Crippen LogP contribution in [-0.2, 0) is 31.5 Å². The standard InChI is InChI=1S/C23H22FN5O5S2/c1-33-11-18(36(31,32)12-22-29-28-21(34-22)9-20(30)26-15-4-5-15)23-27-16-6-2-13(8-17(16)35-23)14-3-7-19(24)25-10-14/h2-3,6-8,10,15,18H,4-5,9,11-12H2,1H3,(H,26,30). The van der Waals surface area contributed by atoms with Crippen molar-refractivity contribution in [2.24, 2.45) is 0 Å². The lowest BCUT2D eigenvalue weighted by atomic mass is 10.1. The first-order valence-corrected chi connectivity index (χ1v) is 13.7. The lowest BCUT2D eigenvalue weighted by Crippen LogP contribution is -2.27. The Morgan fingerprint density at radius 2 is 2.00 bits per heavy atom. The molecule has 1 N–H and O–H groups in total. The maximum absolute atomic E-state index is 13.3. The molecule has 5 rings (SSSR count). The molecule has 3 aromatic heterocycles. The number of fused-ring (bicyclic) bond motifs is 1. The Hall–Kier alpha value is -3.29. The van der Waals surface area contributed by atoms with Crippen molar-refractivity contribution in [2.75, 3.05) is 13.7 Å². The first kappa shape index (κ1) is 24.4. The second-order valence-electron chi connectivity index (χ2n) is 8.46. The number of methoxy groups -OCH3 is 1. The van der Waals surface area contributed by atoms with Gasteiger partial charge in [0.15, 0.2) is 9.84 Å². The smallest absolute Gasteiger partial charge is 0.231 e. The number of pyridine rings is 1. The van der Waals surface area contributed by atoms with Crippen molar-refractivity contribution >= 4 is 37.3 Å². The van der Waals surface area contributed by atoms with Gasteiger partial charge in [0.05, 0.1) is 16.8 Å². The largest absolute Gasteiger partial charge is 0.424 e. The van der Waals surface area contributed by atoms with Crippen LogP contribution in [0.3, 0.4) is 0 Å². The number of ether oxygens (including phenoxy) is 1. The van der Waals surface area contributed by atoms with E-state index in [4.69, 9.17) is 9.15 Å². The van der Waals surface area contributed by atoms with E-state index in [0.717, 1.165) is 28.7 Å². The third-order valence-electron chi connectivity index (χ3n) is 5.58. The van der Waals surface area contributed by atoms with Gasteiger partial charge in [-0.05, 0) is 42.7 Å². The number of aromatic nitrogens is 4. The molecular formula is C23H22FN5O5S2. The van der Waals surface area contributed by atoms with Crippen LogP contribution in [-0.4, -0.2) is 54.2 Å². The summed E-state index contributed by atoms with van der Waals surface area (Å²) < 4.78 is 51.2. The second kappa shape index (κ2) is 9.99. The number of halogens is 1. The molecule has 3 heterocycles.